The van der Waals surface area contributed by atoms with Gasteiger partial charge in [0.25, 0.3) is 0 Å². The van der Waals surface area contributed by atoms with Crippen LogP contribution >= 0.6 is 0 Å². The fraction of sp³-hybridized carbons (Fsp3) is 1.00. The van der Waals surface area contributed by atoms with Crippen LogP contribution in [0, 0.1) is 5.92 Å². The van der Waals surface area contributed by atoms with Gasteiger partial charge in [-0.1, -0.05) is 0 Å². The first-order valence-electron chi connectivity index (χ1n) is 5.84. The van der Waals surface area contributed by atoms with E-state index >= 15 is 0 Å². The Hall–Kier alpha value is -0.290. The van der Waals surface area contributed by atoms with Crippen LogP contribution in [0.3, 0.4) is 0 Å². The summed E-state index contributed by atoms with van der Waals surface area (Å²) in [5.74, 6) is -1.10. The fourth-order valence-electron chi connectivity index (χ4n) is 2.19. The second kappa shape index (κ2) is 5.36. The molecule has 0 amide bonds. The van der Waals surface area contributed by atoms with Crippen molar-refractivity contribution in [2.75, 3.05) is 20.1 Å². The molecule has 1 rings (SSSR count). The lowest BCUT2D eigenvalue weighted by Gasteiger charge is -2.38. The Bertz CT molecular complexity index is 210. The lowest BCUT2D eigenvalue weighted by Crippen LogP contribution is -2.50. The molecule has 0 saturated carbocycles. The number of likely N-dealkylation sites (N-methyl/N-ethyl adjacent to an activating group) is 1. The third-order valence-electron chi connectivity index (χ3n) is 3.75. The Morgan fingerprint density at radius 2 is 1.69 bits per heavy atom. The molecule has 2 atom stereocenters. The maximum Gasteiger partial charge on any atom is 0.391 e. The Kier molecular flexibility index (Phi) is 4.62. The van der Waals surface area contributed by atoms with Crippen molar-refractivity contribution in [1.29, 1.82) is 0 Å². The summed E-state index contributed by atoms with van der Waals surface area (Å²) >= 11 is 0. The predicted octanol–water partition coefficient (Wildman–Crippen LogP) is 2.26. The van der Waals surface area contributed by atoms with Gasteiger partial charge in [-0.25, -0.2) is 0 Å². The van der Waals surface area contributed by atoms with Crippen molar-refractivity contribution < 1.29 is 13.2 Å². The molecule has 1 aliphatic heterocycles. The molecule has 1 fully saturated rings. The zero-order valence-corrected chi connectivity index (χ0v) is 10.1. The predicted molar refractivity (Wildman–Crippen MR) is 58.3 cm³/mol. The van der Waals surface area contributed by atoms with Gasteiger partial charge < -0.3 is 5.32 Å². The van der Waals surface area contributed by atoms with Gasteiger partial charge in [0.05, 0.1) is 5.92 Å². The minimum atomic E-state index is -4.01. The summed E-state index contributed by atoms with van der Waals surface area (Å²) in [6.07, 6.45) is -3.53. The highest BCUT2D eigenvalue weighted by atomic mass is 19.4. The molecule has 1 heterocycles. The largest absolute Gasteiger partial charge is 0.391 e. The highest BCUT2D eigenvalue weighted by Crippen LogP contribution is 2.34. The number of likely N-dealkylation sites (tertiary alicyclic amines) is 1. The summed E-state index contributed by atoms with van der Waals surface area (Å²) in [6, 6.07) is 0.599. The van der Waals surface area contributed by atoms with E-state index in [2.05, 4.69) is 24.1 Å². The van der Waals surface area contributed by atoms with Crippen LogP contribution in [0.25, 0.3) is 0 Å². The molecule has 1 saturated heterocycles. The molecule has 5 heteroatoms. The van der Waals surface area contributed by atoms with E-state index in [1.807, 2.05) is 7.05 Å². The number of piperidine rings is 1. The molecule has 2 nitrogen and oxygen atoms in total. The number of nitrogens with one attached hydrogen (secondary N) is 1. The van der Waals surface area contributed by atoms with E-state index in [1.54, 1.807) is 0 Å². The number of hydrogen-bond donors (Lipinski definition) is 1. The fourth-order valence-corrected chi connectivity index (χ4v) is 2.19. The number of halogens is 3. The summed E-state index contributed by atoms with van der Waals surface area (Å²) in [7, 11) is 1.88. The molecule has 0 aromatic rings. The second-order valence-electron chi connectivity index (χ2n) is 4.67. The Balaban J connectivity index is 2.43. The van der Waals surface area contributed by atoms with Crippen LogP contribution in [0.5, 0.6) is 0 Å². The van der Waals surface area contributed by atoms with Crippen molar-refractivity contribution in [3.8, 4) is 0 Å². The van der Waals surface area contributed by atoms with Gasteiger partial charge >= 0.3 is 6.18 Å². The van der Waals surface area contributed by atoms with Crippen LogP contribution in [0.4, 0.5) is 13.2 Å². The van der Waals surface area contributed by atoms with E-state index in [0.29, 0.717) is 25.2 Å². The smallest absolute Gasteiger partial charge is 0.316 e. The highest BCUT2D eigenvalue weighted by Gasteiger charge is 2.41. The summed E-state index contributed by atoms with van der Waals surface area (Å²) in [5, 5.41) is 3.14. The average molecular weight is 238 g/mol. The molecule has 96 valence electrons. The summed E-state index contributed by atoms with van der Waals surface area (Å²) in [4.78, 5) is 2.14. The Morgan fingerprint density at radius 3 is 2.06 bits per heavy atom. The quantitative estimate of drug-likeness (QED) is 0.811. The van der Waals surface area contributed by atoms with Crippen LogP contribution in [0.2, 0.25) is 0 Å². The molecular formula is C11H21F3N2. The van der Waals surface area contributed by atoms with Crippen LogP contribution in [0.1, 0.15) is 26.7 Å². The molecule has 0 aromatic heterocycles. The minimum Gasteiger partial charge on any atom is -0.316 e. The van der Waals surface area contributed by atoms with E-state index < -0.39 is 12.1 Å². The van der Waals surface area contributed by atoms with Gasteiger partial charge in [-0.3, -0.25) is 4.90 Å². The van der Waals surface area contributed by atoms with Gasteiger partial charge in [0.1, 0.15) is 0 Å². The third-order valence-corrected chi connectivity index (χ3v) is 3.75. The van der Waals surface area contributed by atoms with Crippen LogP contribution in [-0.4, -0.2) is 43.3 Å². The standard InChI is InChI=1S/C11H21F3N2/c1-8(15-3)9(2)16-6-4-10(5-7-16)11(12,13)14/h8-10,15H,4-7H2,1-3H3. The number of rotatable bonds is 3. The third kappa shape index (κ3) is 3.35. The van der Waals surface area contributed by atoms with Crippen LogP contribution < -0.4 is 5.32 Å². The summed E-state index contributed by atoms with van der Waals surface area (Å²) in [6.45, 7) is 5.23. The van der Waals surface area contributed by atoms with E-state index in [9.17, 15) is 13.2 Å². The number of alkyl halides is 3. The zero-order valence-electron chi connectivity index (χ0n) is 10.1. The number of nitrogens with zero attached hydrogens (tertiary/aromatic N) is 1. The Labute approximate surface area is 95.2 Å². The monoisotopic (exact) mass is 238 g/mol. The van der Waals surface area contributed by atoms with E-state index in [-0.39, 0.29) is 12.8 Å². The second-order valence-corrected chi connectivity index (χ2v) is 4.67. The molecule has 0 radical (unpaired) electrons. The first-order valence-corrected chi connectivity index (χ1v) is 5.84. The molecule has 0 spiro atoms. The average Bonchev–Trinajstić information content (AvgIpc) is 2.26. The molecule has 16 heavy (non-hydrogen) atoms. The molecule has 2 unspecified atom stereocenters. The van der Waals surface area contributed by atoms with Crippen LogP contribution in [0.15, 0.2) is 0 Å². The maximum absolute atomic E-state index is 12.5. The van der Waals surface area contributed by atoms with Crippen molar-refractivity contribution in [3.05, 3.63) is 0 Å². The van der Waals surface area contributed by atoms with Gasteiger partial charge in [-0.2, -0.15) is 13.2 Å². The van der Waals surface area contributed by atoms with Crippen molar-refractivity contribution >= 4 is 0 Å². The van der Waals surface area contributed by atoms with E-state index in [1.165, 1.54) is 0 Å². The molecular weight excluding hydrogens is 217 g/mol. The maximum atomic E-state index is 12.5. The summed E-state index contributed by atoms with van der Waals surface area (Å²) in [5.41, 5.74) is 0. The van der Waals surface area contributed by atoms with Gasteiger partial charge in [0.15, 0.2) is 0 Å². The first kappa shape index (κ1) is 13.8. The molecule has 1 aliphatic rings. The molecule has 0 bridgehead atoms. The van der Waals surface area contributed by atoms with Crippen molar-refractivity contribution in [2.24, 2.45) is 5.92 Å². The van der Waals surface area contributed by atoms with Gasteiger partial charge in [0.2, 0.25) is 0 Å². The normalized spacial score (nSPS) is 24.4. The minimum absolute atomic E-state index is 0.240. The zero-order chi connectivity index (χ0) is 12.3. The SMILES string of the molecule is CNC(C)C(C)N1CCC(C(F)(F)F)CC1. The first-order chi connectivity index (χ1) is 7.36. The lowest BCUT2D eigenvalue weighted by molar-refractivity contribution is -0.186. The van der Waals surface area contributed by atoms with Crippen molar-refractivity contribution in [1.82, 2.24) is 10.2 Å². The van der Waals surface area contributed by atoms with Crippen molar-refractivity contribution in [3.63, 3.8) is 0 Å². The summed E-state index contributed by atoms with van der Waals surface area (Å²) < 4.78 is 37.4. The van der Waals surface area contributed by atoms with Crippen LogP contribution in [-0.2, 0) is 0 Å². The topological polar surface area (TPSA) is 15.3 Å². The Morgan fingerprint density at radius 1 is 1.19 bits per heavy atom. The van der Waals surface area contributed by atoms with Gasteiger partial charge in [-0.15, -0.1) is 0 Å². The van der Waals surface area contributed by atoms with Gasteiger partial charge in [0, 0.05) is 12.1 Å². The highest BCUT2D eigenvalue weighted by molar-refractivity contribution is 4.83. The number of hydrogen-bond acceptors (Lipinski definition) is 2. The molecule has 0 aromatic carbocycles. The van der Waals surface area contributed by atoms with E-state index in [0.717, 1.165) is 0 Å². The van der Waals surface area contributed by atoms with E-state index in [4.69, 9.17) is 0 Å². The molecule has 1 N–H and O–H groups in total. The van der Waals surface area contributed by atoms with Crippen molar-refractivity contribution in [2.45, 2.75) is 44.9 Å². The molecule has 0 aliphatic carbocycles. The van der Waals surface area contributed by atoms with Gasteiger partial charge in [-0.05, 0) is 46.8 Å². The lowest BCUT2D eigenvalue weighted by atomic mass is 9.94.